The summed E-state index contributed by atoms with van der Waals surface area (Å²) in [5.74, 6) is -0.353. The molecule has 2 unspecified atom stereocenters. The highest BCUT2D eigenvalue weighted by Crippen LogP contribution is 2.57. The summed E-state index contributed by atoms with van der Waals surface area (Å²) < 4.78 is 22.7. The molecule has 1 saturated carbocycles. The second-order valence-electron chi connectivity index (χ2n) is 6.46. The fraction of sp³-hybridized carbons (Fsp3) is 0.824. The number of epoxide rings is 1. The van der Waals surface area contributed by atoms with Crippen LogP contribution in [0.3, 0.4) is 0 Å². The molecule has 0 amide bonds. The van der Waals surface area contributed by atoms with Crippen molar-refractivity contribution in [1.29, 1.82) is 0 Å². The van der Waals surface area contributed by atoms with Gasteiger partial charge in [0.15, 0.2) is 5.60 Å². The molecule has 1 heterocycles. The van der Waals surface area contributed by atoms with E-state index in [4.69, 9.17) is 18.9 Å². The summed E-state index contributed by atoms with van der Waals surface area (Å²) in [5, 5.41) is 10.2. The van der Waals surface area contributed by atoms with Gasteiger partial charge in [0.2, 0.25) is 6.29 Å². The van der Waals surface area contributed by atoms with Crippen molar-refractivity contribution in [2.45, 2.75) is 50.3 Å². The Morgan fingerprint density at radius 3 is 2.75 bits per heavy atom. The number of carbonyl (C=O) groups is 1. The number of esters is 1. The first-order chi connectivity index (χ1) is 11.5. The van der Waals surface area contributed by atoms with Gasteiger partial charge in [-0.3, -0.25) is 4.79 Å². The van der Waals surface area contributed by atoms with Gasteiger partial charge < -0.3 is 24.1 Å². The monoisotopic (exact) mass is 406 g/mol. The maximum Gasteiger partial charge on any atom is 0.308 e. The van der Waals surface area contributed by atoms with Crippen LogP contribution in [0.1, 0.15) is 26.2 Å². The number of rotatable bonds is 9. The Kier molecular flexibility index (Phi) is 6.84. The number of aliphatic hydroxyl groups excluding tert-OH is 1. The van der Waals surface area contributed by atoms with Crippen molar-refractivity contribution >= 4 is 21.9 Å². The van der Waals surface area contributed by atoms with E-state index in [9.17, 15) is 9.90 Å². The fourth-order valence-corrected chi connectivity index (χ4v) is 4.12. The summed E-state index contributed by atoms with van der Waals surface area (Å²) in [6, 6.07) is 0. The predicted molar refractivity (Wildman–Crippen MR) is 91.8 cm³/mol. The lowest BCUT2D eigenvalue weighted by Crippen LogP contribution is -2.53. The first-order valence-electron chi connectivity index (χ1n) is 8.23. The van der Waals surface area contributed by atoms with E-state index in [1.165, 1.54) is 7.11 Å². The van der Waals surface area contributed by atoms with Crippen molar-refractivity contribution in [2.75, 3.05) is 26.2 Å². The molecule has 0 aromatic carbocycles. The van der Waals surface area contributed by atoms with Crippen LogP contribution < -0.4 is 0 Å². The van der Waals surface area contributed by atoms with Crippen molar-refractivity contribution < 1.29 is 28.8 Å². The molecule has 0 spiro atoms. The lowest BCUT2D eigenvalue weighted by molar-refractivity contribution is -0.200. The van der Waals surface area contributed by atoms with Gasteiger partial charge >= 0.3 is 5.97 Å². The normalized spacial score (nSPS) is 35.9. The zero-order valence-corrected chi connectivity index (χ0v) is 16.1. The van der Waals surface area contributed by atoms with Gasteiger partial charge in [-0.25, -0.2) is 0 Å². The second kappa shape index (κ2) is 8.27. The number of fused-ring (bicyclic) bond motifs is 1. The van der Waals surface area contributed by atoms with Gasteiger partial charge in [-0.2, -0.15) is 0 Å². The van der Waals surface area contributed by atoms with Crippen LogP contribution in [-0.4, -0.2) is 61.3 Å². The molecule has 138 valence electrons. The Bertz CT molecular complexity index is 470. The maximum atomic E-state index is 12.0. The molecule has 1 saturated heterocycles. The third-order valence-corrected chi connectivity index (χ3v) is 5.76. The molecule has 2 rings (SSSR count). The summed E-state index contributed by atoms with van der Waals surface area (Å²) >= 11 is 3.30. The molecule has 0 bridgehead atoms. The summed E-state index contributed by atoms with van der Waals surface area (Å²) in [5.41, 5.74) is 0.0483. The molecule has 2 aliphatic rings. The summed E-state index contributed by atoms with van der Waals surface area (Å²) in [6.45, 7) is 5.87. The fourth-order valence-electron chi connectivity index (χ4n) is 3.84. The minimum absolute atomic E-state index is 0.0113. The first-order valence-corrected chi connectivity index (χ1v) is 9.35. The van der Waals surface area contributed by atoms with Crippen LogP contribution in [0.25, 0.3) is 0 Å². The summed E-state index contributed by atoms with van der Waals surface area (Å²) in [6.07, 6.45) is 0.671. The molecule has 1 aliphatic carbocycles. The van der Waals surface area contributed by atoms with Crippen molar-refractivity contribution in [3.8, 4) is 0 Å². The van der Waals surface area contributed by atoms with E-state index in [-0.39, 0.29) is 36.6 Å². The van der Waals surface area contributed by atoms with E-state index < -0.39 is 11.9 Å². The van der Waals surface area contributed by atoms with Crippen LogP contribution in [0, 0.1) is 11.8 Å². The molecule has 1 aliphatic heterocycles. The largest absolute Gasteiger partial charge is 0.432 e. The molecular weight excluding hydrogens is 380 g/mol. The van der Waals surface area contributed by atoms with E-state index in [0.717, 1.165) is 10.9 Å². The van der Waals surface area contributed by atoms with Gasteiger partial charge in [-0.1, -0.05) is 29.4 Å². The quantitative estimate of drug-likeness (QED) is 0.207. The van der Waals surface area contributed by atoms with Gasteiger partial charge in [-0.15, -0.1) is 0 Å². The van der Waals surface area contributed by atoms with Gasteiger partial charge in [-0.05, 0) is 18.4 Å². The highest BCUT2D eigenvalue weighted by molar-refractivity contribution is 9.09. The number of ether oxygens (including phenoxy) is 4. The van der Waals surface area contributed by atoms with Crippen LogP contribution in [0.5, 0.6) is 0 Å². The predicted octanol–water partition coefficient (Wildman–Crippen LogP) is 2.03. The molecule has 7 heteroatoms. The number of methoxy groups -OCH3 is 2. The SMILES string of the molecule is C=C(CO)[C@@H]1C[C@@H]2O[C@]2(C(OC)OC(=O)CCCBr)[C@@H](C)C1OC. The summed E-state index contributed by atoms with van der Waals surface area (Å²) in [4.78, 5) is 12.0. The number of hydrogen-bond donors (Lipinski definition) is 1. The van der Waals surface area contributed by atoms with Crippen LogP contribution in [-0.2, 0) is 23.7 Å². The lowest BCUT2D eigenvalue weighted by Gasteiger charge is -2.40. The molecule has 0 aromatic heterocycles. The topological polar surface area (TPSA) is 77.5 Å². The molecule has 0 aromatic rings. The van der Waals surface area contributed by atoms with Crippen molar-refractivity contribution in [1.82, 2.24) is 0 Å². The van der Waals surface area contributed by atoms with E-state index in [0.29, 0.717) is 19.3 Å². The van der Waals surface area contributed by atoms with Crippen LogP contribution in [0.15, 0.2) is 12.2 Å². The van der Waals surface area contributed by atoms with Gasteiger partial charge in [0.25, 0.3) is 0 Å². The highest BCUT2D eigenvalue weighted by atomic mass is 79.9. The molecule has 6 nitrogen and oxygen atoms in total. The number of aliphatic hydroxyl groups is 1. The Morgan fingerprint density at radius 2 is 2.21 bits per heavy atom. The highest BCUT2D eigenvalue weighted by Gasteiger charge is 2.72. The van der Waals surface area contributed by atoms with E-state index in [1.807, 2.05) is 6.92 Å². The molecule has 6 atom stereocenters. The maximum absolute atomic E-state index is 12.0. The number of halogens is 1. The Labute approximate surface area is 151 Å². The Morgan fingerprint density at radius 1 is 1.50 bits per heavy atom. The third kappa shape index (κ3) is 3.55. The molecular formula is C17H27BrO6. The average Bonchev–Trinajstić information content (AvgIpc) is 3.32. The van der Waals surface area contributed by atoms with Crippen LogP contribution >= 0.6 is 15.9 Å². The van der Waals surface area contributed by atoms with Crippen LogP contribution in [0.2, 0.25) is 0 Å². The van der Waals surface area contributed by atoms with Gasteiger partial charge in [0.1, 0.15) is 0 Å². The number of carbonyl (C=O) groups excluding carboxylic acids is 1. The van der Waals surface area contributed by atoms with Crippen molar-refractivity contribution in [3.63, 3.8) is 0 Å². The first kappa shape index (κ1) is 19.8. The minimum atomic E-state index is -0.763. The molecule has 2 fully saturated rings. The molecule has 0 radical (unpaired) electrons. The zero-order chi connectivity index (χ0) is 17.9. The zero-order valence-electron chi connectivity index (χ0n) is 14.5. The molecule has 24 heavy (non-hydrogen) atoms. The van der Waals surface area contributed by atoms with E-state index >= 15 is 0 Å². The smallest absolute Gasteiger partial charge is 0.308 e. The van der Waals surface area contributed by atoms with E-state index in [2.05, 4.69) is 22.5 Å². The van der Waals surface area contributed by atoms with Gasteiger partial charge in [0, 0.05) is 37.8 Å². The Balaban J connectivity index is 2.12. The Hall–Kier alpha value is -0.470. The summed E-state index contributed by atoms with van der Waals surface area (Å²) in [7, 11) is 3.16. The standard InChI is InChI=1S/C17H27BrO6/c1-10(9-19)12-8-13-17(24-13,11(2)15(12)21-3)16(22-4)23-14(20)6-5-7-18/h11-13,15-16,19H,1,5-9H2,2-4H3/t11-,12-,13-,15?,16?,17+/m0/s1. The molecule has 1 N–H and O–H groups in total. The van der Waals surface area contributed by atoms with Crippen molar-refractivity contribution in [2.24, 2.45) is 11.8 Å². The average molecular weight is 407 g/mol. The lowest BCUT2D eigenvalue weighted by atomic mass is 9.70. The van der Waals surface area contributed by atoms with Gasteiger partial charge in [0.05, 0.1) is 18.8 Å². The number of hydrogen-bond acceptors (Lipinski definition) is 6. The third-order valence-electron chi connectivity index (χ3n) is 5.20. The van der Waals surface area contributed by atoms with E-state index in [1.54, 1.807) is 7.11 Å². The minimum Gasteiger partial charge on any atom is -0.432 e. The number of alkyl halides is 1. The van der Waals surface area contributed by atoms with Crippen LogP contribution in [0.4, 0.5) is 0 Å². The second-order valence-corrected chi connectivity index (χ2v) is 7.25. The van der Waals surface area contributed by atoms with Crippen molar-refractivity contribution in [3.05, 3.63) is 12.2 Å².